The lowest BCUT2D eigenvalue weighted by atomic mass is 10.0. The van der Waals surface area contributed by atoms with Gasteiger partial charge in [0.15, 0.2) is 0 Å². The highest BCUT2D eigenvalue weighted by Gasteiger charge is 2.31. The lowest BCUT2D eigenvalue weighted by Crippen LogP contribution is -2.26. The second-order valence-corrected chi connectivity index (χ2v) is 9.96. The Bertz CT molecular complexity index is 1250. The molecule has 0 aliphatic carbocycles. The van der Waals surface area contributed by atoms with E-state index in [1.807, 2.05) is 67.7 Å². The second-order valence-electron chi connectivity index (χ2n) is 9.96. The van der Waals surface area contributed by atoms with Gasteiger partial charge in [-0.3, -0.25) is 0 Å². The van der Waals surface area contributed by atoms with Gasteiger partial charge in [0.05, 0.1) is 11.1 Å². The number of alkyl halides is 6. The van der Waals surface area contributed by atoms with Crippen molar-refractivity contribution in [2.45, 2.75) is 37.4 Å². The van der Waals surface area contributed by atoms with Gasteiger partial charge in [0.1, 0.15) is 23.7 Å². The molecule has 0 heterocycles. The SMILES string of the molecule is CN(CCC(Oc1ccc(C(F)(F)F)cc1)c1ccccc1)CCC(Oc1ccc(C(F)(F)F)cc1)c1ccccc1. The number of hydrogen-bond acceptors (Lipinski definition) is 3. The van der Waals surface area contributed by atoms with Crippen LogP contribution in [0.2, 0.25) is 0 Å². The topological polar surface area (TPSA) is 21.7 Å². The third-order valence-corrected chi connectivity index (χ3v) is 6.81. The van der Waals surface area contributed by atoms with E-state index >= 15 is 0 Å². The maximum Gasteiger partial charge on any atom is 0.416 e. The van der Waals surface area contributed by atoms with E-state index < -0.39 is 35.7 Å². The Labute approximate surface area is 241 Å². The summed E-state index contributed by atoms with van der Waals surface area (Å²) in [6.07, 6.45) is -8.49. The molecule has 0 N–H and O–H groups in total. The molecule has 0 radical (unpaired) electrons. The van der Waals surface area contributed by atoms with Crippen molar-refractivity contribution in [3.63, 3.8) is 0 Å². The molecule has 0 amide bonds. The van der Waals surface area contributed by atoms with Crippen LogP contribution in [-0.4, -0.2) is 25.0 Å². The van der Waals surface area contributed by atoms with Gasteiger partial charge in [-0.25, -0.2) is 0 Å². The van der Waals surface area contributed by atoms with Crippen LogP contribution in [0.3, 0.4) is 0 Å². The predicted octanol–water partition coefficient (Wildman–Crippen LogP) is 9.38. The molecule has 0 saturated heterocycles. The van der Waals surface area contributed by atoms with Crippen molar-refractivity contribution in [2.75, 3.05) is 20.1 Å². The van der Waals surface area contributed by atoms with Gasteiger partial charge in [-0.05, 0) is 66.7 Å². The first-order valence-electron chi connectivity index (χ1n) is 13.5. The smallest absolute Gasteiger partial charge is 0.416 e. The van der Waals surface area contributed by atoms with Crippen molar-refractivity contribution in [2.24, 2.45) is 0 Å². The van der Waals surface area contributed by atoms with Crippen LogP contribution >= 0.6 is 0 Å². The van der Waals surface area contributed by atoms with Crippen molar-refractivity contribution >= 4 is 0 Å². The van der Waals surface area contributed by atoms with Crippen molar-refractivity contribution in [1.82, 2.24) is 4.90 Å². The zero-order chi connectivity index (χ0) is 30.2. The fourth-order valence-electron chi connectivity index (χ4n) is 4.48. The Kier molecular flexibility index (Phi) is 10.2. The summed E-state index contributed by atoms with van der Waals surface area (Å²) < 4.78 is 90.1. The monoisotopic (exact) mass is 587 g/mol. The molecule has 42 heavy (non-hydrogen) atoms. The molecule has 0 bridgehead atoms. The molecule has 4 aromatic carbocycles. The standard InChI is InChI=1S/C33H31F6NO2/c1-40(22-20-30(24-8-4-2-5-9-24)41-28-16-12-26(13-17-28)32(34,35)36)23-21-31(25-10-6-3-7-11-25)42-29-18-14-27(15-19-29)33(37,38)39/h2-19,30-31H,20-23H2,1H3. The molecule has 0 saturated carbocycles. The van der Waals surface area contributed by atoms with Gasteiger partial charge in [-0.2, -0.15) is 26.3 Å². The summed E-state index contributed by atoms with van der Waals surface area (Å²) in [6, 6.07) is 28.3. The highest BCUT2D eigenvalue weighted by Crippen LogP contribution is 2.33. The minimum Gasteiger partial charge on any atom is -0.486 e. The second kappa shape index (κ2) is 13.8. The number of hydrogen-bond donors (Lipinski definition) is 0. The van der Waals surface area contributed by atoms with Gasteiger partial charge in [0, 0.05) is 25.9 Å². The van der Waals surface area contributed by atoms with E-state index in [0.717, 1.165) is 35.4 Å². The summed E-state index contributed by atoms with van der Waals surface area (Å²) in [5.74, 6) is 0.683. The Morgan fingerprint density at radius 2 is 0.857 bits per heavy atom. The first kappa shape index (κ1) is 31.0. The van der Waals surface area contributed by atoms with Crippen LogP contribution in [0.1, 0.15) is 47.3 Å². The van der Waals surface area contributed by atoms with Crippen molar-refractivity contribution in [3.05, 3.63) is 131 Å². The summed E-state index contributed by atoms with van der Waals surface area (Å²) >= 11 is 0. The van der Waals surface area contributed by atoms with Crippen molar-refractivity contribution in [1.29, 1.82) is 0 Å². The first-order chi connectivity index (χ1) is 20.0. The molecule has 3 nitrogen and oxygen atoms in total. The Balaban J connectivity index is 1.39. The third-order valence-electron chi connectivity index (χ3n) is 6.81. The third kappa shape index (κ3) is 9.01. The molecule has 2 unspecified atom stereocenters. The van der Waals surface area contributed by atoms with E-state index in [-0.39, 0.29) is 0 Å². The molecule has 222 valence electrons. The Morgan fingerprint density at radius 1 is 0.524 bits per heavy atom. The van der Waals surface area contributed by atoms with E-state index in [4.69, 9.17) is 9.47 Å². The first-order valence-corrected chi connectivity index (χ1v) is 13.5. The van der Waals surface area contributed by atoms with Crippen LogP contribution in [0.5, 0.6) is 11.5 Å². The average molecular weight is 588 g/mol. The van der Waals surface area contributed by atoms with E-state index in [0.29, 0.717) is 37.4 Å². The van der Waals surface area contributed by atoms with E-state index in [1.54, 1.807) is 0 Å². The minimum absolute atomic E-state index is 0.341. The van der Waals surface area contributed by atoms with Crippen LogP contribution in [-0.2, 0) is 12.4 Å². The summed E-state index contributed by atoms with van der Waals surface area (Å²) in [7, 11) is 1.94. The van der Waals surface area contributed by atoms with E-state index in [1.165, 1.54) is 24.3 Å². The van der Waals surface area contributed by atoms with Crippen LogP contribution in [0.25, 0.3) is 0 Å². The van der Waals surface area contributed by atoms with E-state index in [2.05, 4.69) is 4.90 Å². The molecule has 0 aromatic heterocycles. The number of halogens is 6. The zero-order valence-corrected chi connectivity index (χ0v) is 22.9. The number of nitrogens with zero attached hydrogens (tertiary/aromatic N) is 1. The Hall–Kier alpha value is -3.98. The van der Waals surface area contributed by atoms with Crippen LogP contribution in [0.4, 0.5) is 26.3 Å². The fourth-order valence-corrected chi connectivity index (χ4v) is 4.48. The molecular formula is C33H31F6NO2. The van der Waals surface area contributed by atoms with Crippen molar-refractivity contribution < 1.29 is 35.8 Å². The molecule has 0 aliphatic rings. The predicted molar refractivity (Wildman–Crippen MR) is 149 cm³/mol. The molecule has 4 rings (SSSR count). The molecule has 2 atom stereocenters. The van der Waals surface area contributed by atoms with Gasteiger partial charge in [-0.1, -0.05) is 60.7 Å². The van der Waals surface area contributed by atoms with Gasteiger partial charge < -0.3 is 14.4 Å². The number of ether oxygens (including phenoxy) is 2. The van der Waals surface area contributed by atoms with Gasteiger partial charge in [0.25, 0.3) is 0 Å². The molecule has 0 fully saturated rings. The summed E-state index contributed by atoms with van der Waals surface area (Å²) in [5, 5.41) is 0. The van der Waals surface area contributed by atoms with Crippen LogP contribution in [0.15, 0.2) is 109 Å². The summed E-state index contributed by atoms with van der Waals surface area (Å²) in [6.45, 7) is 1.23. The molecular weight excluding hydrogens is 556 g/mol. The summed E-state index contributed by atoms with van der Waals surface area (Å²) in [4.78, 5) is 2.10. The van der Waals surface area contributed by atoms with E-state index in [9.17, 15) is 26.3 Å². The molecule has 0 aliphatic heterocycles. The highest BCUT2D eigenvalue weighted by atomic mass is 19.4. The molecule has 0 spiro atoms. The average Bonchev–Trinajstić information content (AvgIpc) is 2.98. The maximum atomic E-state index is 13.0. The number of benzene rings is 4. The lowest BCUT2D eigenvalue weighted by molar-refractivity contribution is -0.138. The molecule has 9 heteroatoms. The van der Waals surface area contributed by atoms with Gasteiger partial charge in [0.2, 0.25) is 0 Å². The normalized spacial score (nSPS) is 13.5. The van der Waals surface area contributed by atoms with Crippen molar-refractivity contribution in [3.8, 4) is 11.5 Å². The minimum atomic E-state index is -4.42. The fraction of sp³-hybridized carbons (Fsp3) is 0.273. The lowest BCUT2D eigenvalue weighted by Gasteiger charge is -2.26. The number of rotatable bonds is 12. The van der Waals surface area contributed by atoms with Crippen LogP contribution in [0, 0.1) is 0 Å². The quantitative estimate of drug-likeness (QED) is 0.154. The largest absolute Gasteiger partial charge is 0.486 e. The zero-order valence-electron chi connectivity index (χ0n) is 22.9. The van der Waals surface area contributed by atoms with Gasteiger partial charge in [-0.15, -0.1) is 0 Å². The van der Waals surface area contributed by atoms with Gasteiger partial charge >= 0.3 is 12.4 Å². The Morgan fingerprint density at radius 3 is 1.17 bits per heavy atom. The highest BCUT2D eigenvalue weighted by molar-refractivity contribution is 5.31. The van der Waals surface area contributed by atoms with Crippen LogP contribution < -0.4 is 9.47 Å². The molecule has 4 aromatic rings. The summed E-state index contributed by atoms with van der Waals surface area (Å²) in [5.41, 5.74) is 0.326. The maximum absolute atomic E-state index is 13.0.